The lowest BCUT2D eigenvalue weighted by atomic mass is 9.96. The standard InChI is InChI=1S/C8H7BF2O/c1-2-12-8-6(10)3-5(9)4-7(8)11/h3-4H,2H2,1H3. The summed E-state index contributed by atoms with van der Waals surface area (Å²) in [4.78, 5) is 0. The molecule has 0 spiro atoms. The Morgan fingerprint density at radius 1 is 1.33 bits per heavy atom. The van der Waals surface area contributed by atoms with Gasteiger partial charge in [0, 0.05) is 0 Å². The topological polar surface area (TPSA) is 9.23 Å². The molecule has 0 aliphatic rings. The van der Waals surface area contributed by atoms with Gasteiger partial charge in [-0.1, -0.05) is 5.46 Å². The van der Waals surface area contributed by atoms with Crippen LogP contribution in [0.2, 0.25) is 0 Å². The third-order valence-electron chi connectivity index (χ3n) is 1.31. The molecule has 0 saturated heterocycles. The second-order valence-corrected chi connectivity index (χ2v) is 2.25. The average Bonchev–Trinajstić information content (AvgIpc) is 1.96. The molecular formula is C8H7BF2O. The largest absolute Gasteiger partial charge is 0.488 e. The second kappa shape index (κ2) is 3.56. The van der Waals surface area contributed by atoms with Crippen molar-refractivity contribution in [3.05, 3.63) is 23.8 Å². The van der Waals surface area contributed by atoms with Crippen molar-refractivity contribution >= 4 is 13.3 Å². The van der Waals surface area contributed by atoms with Crippen molar-refractivity contribution in [2.24, 2.45) is 0 Å². The zero-order chi connectivity index (χ0) is 9.14. The lowest BCUT2D eigenvalue weighted by Gasteiger charge is -2.06. The maximum atomic E-state index is 12.9. The lowest BCUT2D eigenvalue weighted by molar-refractivity contribution is 0.303. The summed E-state index contributed by atoms with van der Waals surface area (Å²) < 4.78 is 30.4. The highest BCUT2D eigenvalue weighted by molar-refractivity contribution is 6.32. The maximum absolute atomic E-state index is 12.9. The Bertz CT molecular complexity index is 265. The van der Waals surface area contributed by atoms with Crippen LogP contribution in [0.15, 0.2) is 12.1 Å². The Balaban J connectivity index is 3.10. The highest BCUT2D eigenvalue weighted by Gasteiger charge is 2.09. The Kier molecular flexibility index (Phi) is 2.68. The van der Waals surface area contributed by atoms with E-state index in [4.69, 9.17) is 12.6 Å². The SMILES string of the molecule is [B]c1cc(F)c(OCC)c(F)c1. The molecule has 0 bridgehead atoms. The van der Waals surface area contributed by atoms with Gasteiger partial charge in [-0.2, -0.15) is 0 Å². The first kappa shape index (κ1) is 9.04. The van der Waals surface area contributed by atoms with E-state index in [-0.39, 0.29) is 17.8 Å². The average molecular weight is 168 g/mol. The molecule has 0 aliphatic carbocycles. The van der Waals surface area contributed by atoms with Crippen LogP contribution in [0.3, 0.4) is 0 Å². The minimum Gasteiger partial charge on any atom is -0.488 e. The van der Waals surface area contributed by atoms with Gasteiger partial charge in [-0.05, 0) is 19.1 Å². The van der Waals surface area contributed by atoms with Crippen molar-refractivity contribution in [2.75, 3.05) is 6.61 Å². The zero-order valence-electron chi connectivity index (χ0n) is 6.60. The third-order valence-corrected chi connectivity index (χ3v) is 1.31. The monoisotopic (exact) mass is 168 g/mol. The predicted molar refractivity (Wildman–Crippen MR) is 42.9 cm³/mol. The van der Waals surface area contributed by atoms with Crippen molar-refractivity contribution in [3.8, 4) is 5.75 Å². The first-order chi connectivity index (χ1) is 5.65. The molecule has 0 N–H and O–H groups in total. The van der Waals surface area contributed by atoms with Gasteiger partial charge in [0.1, 0.15) is 7.85 Å². The molecule has 4 heteroatoms. The molecule has 62 valence electrons. The van der Waals surface area contributed by atoms with E-state index in [1.54, 1.807) is 6.92 Å². The summed E-state index contributed by atoms with van der Waals surface area (Å²) in [5, 5.41) is 0. The minimum atomic E-state index is -0.769. The van der Waals surface area contributed by atoms with Gasteiger partial charge < -0.3 is 4.74 Å². The van der Waals surface area contributed by atoms with Crippen LogP contribution < -0.4 is 10.2 Å². The summed E-state index contributed by atoms with van der Waals surface area (Å²) in [5.41, 5.74) is 0.0495. The number of rotatable bonds is 2. The van der Waals surface area contributed by atoms with Crippen molar-refractivity contribution in [1.29, 1.82) is 0 Å². The minimum absolute atomic E-state index is 0.0495. The highest BCUT2D eigenvalue weighted by atomic mass is 19.1. The number of halogens is 2. The summed E-state index contributed by atoms with van der Waals surface area (Å²) in [7, 11) is 5.19. The van der Waals surface area contributed by atoms with Gasteiger partial charge in [0.25, 0.3) is 0 Å². The van der Waals surface area contributed by atoms with Crippen molar-refractivity contribution in [2.45, 2.75) is 6.92 Å². The number of benzene rings is 1. The first-order valence-corrected chi connectivity index (χ1v) is 3.52. The van der Waals surface area contributed by atoms with Gasteiger partial charge in [0.05, 0.1) is 6.61 Å². The maximum Gasteiger partial charge on any atom is 0.190 e. The van der Waals surface area contributed by atoms with Crippen LogP contribution in [0.4, 0.5) is 8.78 Å². The van der Waals surface area contributed by atoms with E-state index in [1.165, 1.54) is 0 Å². The molecule has 0 atom stereocenters. The lowest BCUT2D eigenvalue weighted by Crippen LogP contribution is -2.07. The fraction of sp³-hybridized carbons (Fsp3) is 0.250. The Morgan fingerprint density at radius 3 is 2.25 bits per heavy atom. The zero-order valence-corrected chi connectivity index (χ0v) is 6.60. The Labute approximate surface area is 70.8 Å². The van der Waals surface area contributed by atoms with Gasteiger partial charge in [-0.15, -0.1) is 0 Å². The highest BCUT2D eigenvalue weighted by Crippen LogP contribution is 2.19. The van der Waals surface area contributed by atoms with Gasteiger partial charge in [-0.25, -0.2) is 8.78 Å². The fourth-order valence-electron chi connectivity index (χ4n) is 0.862. The van der Waals surface area contributed by atoms with E-state index >= 15 is 0 Å². The van der Waals surface area contributed by atoms with Crippen LogP contribution in [0.1, 0.15) is 6.92 Å². The third kappa shape index (κ3) is 1.75. The van der Waals surface area contributed by atoms with E-state index in [0.29, 0.717) is 0 Å². The fourth-order valence-corrected chi connectivity index (χ4v) is 0.862. The van der Waals surface area contributed by atoms with Crippen LogP contribution in [0, 0.1) is 11.6 Å². The Morgan fingerprint density at radius 2 is 1.83 bits per heavy atom. The van der Waals surface area contributed by atoms with Crippen molar-refractivity contribution in [1.82, 2.24) is 0 Å². The molecule has 1 aromatic rings. The number of hydrogen-bond acceptors (Lipinski definition) is 1. The second-order valence-electron chi connectivity index (χ2n) is 2.25. The molecule has 0 saturated carbocycles. The van der Waals surface area contributed by atoms with Gasteiger partial charge in [0.15, 0.2) is 17.4 Å². The summed E-state index contributed by atoms with van der Waals surface area (Å²) >= 11 is 0. The van der Waals surface area contributed by atoms with Crippen LogP contribution in [0.5, 0.6) is 5.75 Å². The van der Waals surface area contributed by atoms with Crippen molar-refractivity contribution in [3.63, 3.8) is 0 Å². The van der Waals surface area contributed by atoms with E-state index in [1.807, 2.05) is 0 Å². The van der Waals surface area contributed by atoms with Crippen LogP contribution in [0.25, 0.3) is 0 Å². The van der Waals surface area contributed by atoms with Crippen LogP contribution in [-0.2, 0) is 0 Å². The van der Waals surface area contributed by atoms with Crippen molar-refractivity contribution < 1.29 is 13.5 Å². The molecule has 12 heavy (non-hydrogen) atoms. The molecule has 0 aromatic heterocycles. The number of hydrogen-bond donors (Lipinski definition) is 0. The van der Waals surface area contributed by atoms with Crippen LogP contribution in [-0.4, -0.2) is 14.5 Å². The van der Waals surface area contributed by atoms with E-state index in [0.717, 1.165) is 12.1 Å². The van der Waals surface area contributed by atoms with Crippen LogP contribution >= 0.6 is 0 Å². The molecule has 2 radical (unpaired) electrons. The molecule has 0 unspecified atom stereocenters. The summed E-state index contributed by atoms with van der Waals surface area (Å²) in [6.07, 6.45) is 0. The quantitative estimate of drug-likeness (QED) is 0.602. The molecule has 0 fully saturated rings. The molecule has 1 rings (SSSR count). The smallest absolute Gasteiger partial charge is 0.190 e. The summed E-state index contributed by atoms with van der Waals surface area (Å²) in [6, 6.07) is 2.04. The normalized spacial score (nSPS) is 9.92. The van der Waals surface area contributed by atoms with Gasteiger partial charge >= 0.3 is 0 Å². The molecular weight excluding hydrogens is 161 g/mol. The summed E-state index contributed by atoms with van der Waals surface area (Å²) in [6.45, 7) is 1.87. The summed E-state index contributed by atoms with van der Waals surface area (Å²) in [5.74, 6) is -1.91. The van der Waals surface area contributed by atoms with E-state index in [9.17, 15) is 8.78 Å². The molecule has 1 nitrogen and oxygen atoms in total. The molecule has 0 aliphatic heterocycles. The van der Waals surface area contributed by atoms with Gasteiger partial charge in [-0.3, -0.25) is 0 Å². The van der Waals surface area contributed by atoms with E-state index < -0.39 is 11.6 Å². The van der Waals surface area contributed by atoms with Gasteiger partial charge in [0.2, 0.25) is 0 Å². The molecule has 0 amide bonds. The van der Waals surface area contributed by atoms with E-state index in [2.05, 4.69) is 0 Å². The molecule has 1 aromatic carbocycles. The predicted octanol–water partition coefficient (Wildman–Crippen LogP) is 1.16. The Hall–Kier alpha value is -1.06. The molecule has 0 heterocycles. The first-order valence-electron chi connectivity index (χ1n) is 3.52. The number of ether oxygens (including phenoxy) is 1.